The molecule has 0 saturated carbocycles. The zero-order chi connectivity index (χ0) is 12.1. The summed E-state index contributed by atoms with van der Waals surface area (Å²) in [6.45, 7) is 10.7. The van der Waals surface area contributed by atoms with Crippen LogP contribution < -0.4 is 5.32 Å². The second kappa shape index (κ2) is 6.34. The SMILES string of the molecule is C=CC[C@@H](c1ccc(CC)s1)N1CCNCC1. The van der Waals surface area contributed by atoms with Crippen molar-refractivity contribution in [3.63, 3.8) is 0 Å². The molecule has 94 valence electrons. The minimum absolute atomic E-state index is 0.542. The van der Waals surface area contributed by atoms with Crippen LogP contribution in [0.2, 0.25) is 0 Å². The summed E-state index contributed by atoms with van der Waals surface area (Å²) < 4.78 is 0. The molecule has 1 fully saturated rings. The van der Waals surface area contributed by atoms with Crippen LogP contribution in [0.15, 0.2) is 24.8 Å². The fourth-order valence-corrected chi connectivity index (χ4v) is 3.46. The van der Waals surface area contributed by atoms with Crippen LogP contribution in [0.25, 0.3) is 0 Å². The van der Waals surface area contributed by atoms with E-state index in [9.17, 15) is 0 Å². The summed E-state index contributed by atoms with van der Waals surface area (Å²) in [6.07, 6.45) is 4.26. The monoisotopic (exact) mass is 250 g/mol. The molecule has 0 unspecified atom stereocenters. The number of hydrogen-bond donors (Lipinski definition) is 1. The van der Waals surface area contributed by atoms with Crippen molar-refractivity contribution in [1.82, 2.24) is 10.2 Å². The molecule has 1 aromatic rings. The Morgan fingerprint density at radius 2 is 2.24 bits per heavy atom. The van der Waals surface area contributed by atoms with E-state index in [0.29, 0.717) is 6.04 Å². The molecule has 0 amide bonds. The average molecular weight is 250 g/mol. The molecule has 3 heteroatoms. The molecule has 1 aromatic heterocycles. The Hall–Kier alpha value is -0.640. The van der Waals surface area contributed by atoms with E-state index in [1.54, 1.807) is 0 Å². The van der Waals surface area contributed by atoms with E-state index in [-0.39, 0.29) is 0 Å². The summed E-state index contributed by atoms with van der Waals surface area (Å²) in [5, 5.41) is 3.42. The Bertz CT molecular complexity index is 353. The van der Waals surface area contributed by atoms with Crippen LogP contribution in [-0.4, -0.2) is 31.1 Å². The van der Waals surface area contributed by atoms with Crippen LogP contribution in [0.1, 0.15) is 29.1 Å². The maximum absolute atomic E-state index is 3.91. The van der Waals surface area contributed by atoms with E-state index in [2.05, 4.69) is 41.9 Å². The molecule has 0 radical (unpaired) electrons. The number of aryl methyl sites for hydroxylation is 1. The first-order chi connectivity index (χ1) is 8.35. The van der Waals surface area contributed by atoms with Gasteiger partial charge in [-0.3, -0.25) is 4.90 Å². The van der Waals surface area contributed by atoms with Gasteiger partial charge < -0.3 is 5.32 Å². The predicted octanol–water partition coefficient (Wildman–Crippen LogP) is 2.83. The first kappa shape index (κ1) is 12.8. The van der Waals surface area contributed by atoms with Crippen LogP contribution >= 0.6 is 11.3 Å². The van der Waals surface area contributed by atoms with Crippen LogP contribution in [0, 0.1) is 0 Å². The van der Waals surface area contributed by atoms with Crippen LogP contribution in [0.4, 0.5) is 0 Å². The van der Waals surface area contributed by atoms with Gasteiger partial charge in [-0.2, -0.15) is 0 Å². The van der Waals surface area contributed by atoms with Crippen molar-refractivity contribution in [2.75, 3.05) is 26.2 Å². The van der Waals surface area contributed by atoms with E-state index in [1.807, 2.05) is 11.3 Å². The van der Waals surface area contributed by atoms with Gasteiger partial charge in [-0.15, -0.1) is 17.9 Å². The van der Waals surface area contributed by atoms with Crippen molar-refractivity contribution in [2.24, 2.45) is 0 Å². The Labute approximate surface area is 108 Å². The number of rotatable bonds is 5. The third kappa shape index (κ3) is 3.18. The number of piperazine rings is 1. The van der Waals surface area contributed by atoms with Gasteiger partial charge in [0, 0.05) is 42.0 Å². The molecule has 1 atom stereocenters. The molecule has 0 spiro atoms. The lowest BCUT2D eigenvalue weighted by Crippen LogP contribution is -2.44. The van der Waals surface area contributed by atoms with Crippen LogP contribution in [-0.2, 0) is 6.42 Å². The maximum Gasteiger partial charge on any atom is 0.0476 e. The second-order valence-corrected chi connectivity index (χ2v) is 5.68. The zero-order valence-electron chi connectivity index (χ0n) is 10.6. The minimum atomic E-state index is 0.542. The number of hydrogen-bond acceptors (Lipinski definition) is 3. The van der Waals surface area contributed by atoms with Gasteiger partial charge in [-0.1, -0.05) is 13.0 Å². The molecule has 1 saturated heterocycles. The fourth-order valence-electron chi connectivity index (χ4n) is 2.36. The third-order valence-electron chi connectivity index (χ3n) is 3.34. The van der Waals surface area contributed by atoms with Crippen molar-refractivity contribution >= 4 is 11.3 Å². The molecule has 2 heterocycles. The van der Waals surface area contributed by atoms with Crippen molar-refractivity contribution in [3.8, 4) is 0 Å². The first-order valence-electron chi connectivity index (χ1n) is 6.49. The molecule has 0 aliphatic carbocycles. The molecular formula is C14H22N2S. The molecule has 2 nitrogen and oxygen atoms in total. The molecule has 1 aliphatic heterocycles. The van der Waals surface area contributed by atoms with Gasteiger partial charge in [-0.05, 0) is 25.0 Å². The average Bonchev–Trinajstić information content (AvgIpc) is 2.85. The highest BCUT2D eigenvalue weighted by atomic mass is 32.1. The fraction of sp³-hybridized carbons (Fsp3) is 0.571. The lowest BCUT2D eigenvalue weighted by molar-refractivity contribution is 0.177. The van der Waals surface area contributed by atoms with Crippen LogP contribution in [0.3, 0.4) is 0 Å². The van der Waals surface area contributed by atoms with E-state index >= 15 is 0 Å². The summed E-state index contributed by atoms with van der Waals surface area (Å²) in [5.74, 6) is 0. The molecule has 0 aromatic carbocycles. The summed E-state index contributed by atoms with van der Waals surface area (Å²) in [7, 11) is 0. The predicted molar refractivity (Wildman–Crippen MR) is 75.7 cm³/mol. The summed E-state index contributed by atoms with van der Waals surface area (Å²) in [4.78, 5) is 5.58. The van der Waals surface area contributed by atoms with Gasteiger partial charge in [0.25, 0.3) is 0 Å². The lowest BCUT2D eigenvalue weighted by Gasteiger charge is -2.34. The topological polar surface area (TPSA) is 15.3 Å². The summed E-state index contributed by atoms with van der Waals surface area (Å²) >= 11 is 1.96. The van der Waals surface area contributed by atoms with Crippen molar-refractivity contribution < 1.29 is 0 Å². The maximum atomic E-state index is 3.91. The summed E-state index contributed by atoms with van der Waals surface area (Å²) in [6, 6.07) is 5.12. The molecule has 2 rings (SSSR count). The number of thiophene rings is 1. The smallest absolute Gasteiger partial charge is 0.0476 e. The van der Waals surface area contributed by atoms with E-state index in [4.69, 9.17) is 0 Å². The summed E-state index contributed by atoms with van der Waals surface area (Å²) in [5.41, 5.74) is 0. The quantitative estimate of drug-likeness (QED) is 0.808. The van der Waals surface area contributed by atoms with Crippen molar-refractivity contribution in [2.45, 2.75) is 25.8 Å². The molecule has 17 heavy (non-hydrogen) atoms. The van der Waals surface area contributed by atoms with Crippen LogP contribution in [0.5, 0.6) is 0 Å². The van der Waals surface area contributed by atoms with Gasteiger partial charge in [0.05, 0.1) is 0 Å². The molecule has 1 aliphatic rings. The number of nitrogens with one attached hydrogen (secondary N) is 1. The highest BCUT2D eigenvalue weighted by molar-refractivity contribution is 7.12. The van der Waals surface area contributed by atoms with Gasteiger partial charge in [0.2, 0.25) is 0 Å². The van der Waals surface area contributed by atoms with Crippen molar-refractivity contribution in [1.29, 1.82) is 0 Å². The Morgan fingerprint density at radius 1 is 1.47 bits per heavy atom. The van der Waals surface area contributed by atoms with Gasteiger partial charge >= 0.3 is 0 Å². The van der Waals surface area contributed by atoms with E-state index in [1.165, 1.54) is 9.75 Å². The largest absolute Gasteiger partial charge is 0.314 e. The third-order valence-corrected chi connectivity index (χ3v) is 4.67. The standard InChI is InChI=1S/C14H22N2S/c1-3-5-13(16-10-8-15-9-11-16)14-7-6-12(4-2)17-14/h3,6-7,13,15H,1,4-5,8-11H2,2H3/t13-/m0/s1. The number of nitrogens with zero attached hydrogens (tertiary/aromatic N) is 1. The highest BCUT2D eigenvalue weighted by Gasteiger charge is 2.22. The van der Waals surface area contributed by atoms with E-state index < -0.39 is 0 Å². The second-order valence-electron chi connectivity index (χ2n) is 4.48. The molecule has 1 N–H and O–H groups in total. The first-order valence-corrected chi connectivity index (χ1v) is 7.31. The zero-order valence-corrected chi connectivity index (χ0v) is 11.4. The van der Waals surface area contributed by atoms with Gasteiger partial charge in [0.1, 0.15) is 0 Å². The van der Waals surface area contributed by atoms with Gasteiger partial charge in [0.15, 0.2) is 0 Å². The minimum Gasteiger partial charge on any atom is -0.314 e. The Kier molecular flexibility index (Phi) is 4.77. The van der Waals surface area contributed by atoms with Gasteiger partial charge in [-0.25, -0.2) is 0 Å². The Morgan fingerprint density at radius 3 is 2.82 bits per heavy atom. The lowest BCUT2D eigenvalue weighted by atomic mass is 10.1. The molecule has 0 bridgehead atoms. The normalized spacial score (nSPS) is 19.1. The van der Waals surface area contributed by atoms with E-state index in [0.717, 1.165) is 39.0 Å². The van der Waals surface area contributed by atoms with Crippen molar-refractivity contribution in [3.05, 3.63) is 34.5 Å². The highest BCUT2D eigenvalue weighted by Crippen LogP contribution is 2.31. The molecular weight excluding hydrogens is 228 g/mol. The Balaban J connectivity index is 2.11.